The van der Waals surface area contributed by atoms with Gasteiger partial charge in [0.15, 0.2) is 6.29 Å². The second kappa shape index (κ2) is 6.51. The molecule has 4 rings (SSSR count). The number of phenolic OH excluding ortho intramolecular Hbond substituents is 1. The third-order valence-corrected chi connectivity index (χ3v) is 4.80. The summed E-state index contributed by atoms with van der Waals surface area (Å²) in [5, 5.41) is 20.0. The molecule has 0 unspecified atom stereocenters. The van der Waals surface area contributed by atoms with Gasteiger partial charge in [0.2, 0.25) is 5.43 Å². The molecule has 2 aromatic carbocycles. The molecule has 7 heteroatoms. The van der Waals surface area contributed by atoms with Crippen molar-refractivity contribution in [3.63, 3.8) is 0 Å². The van der Waals surface area contributed by atoms with Gasteiger partial charge in [-0.3, -0.25) is 9.59 Å². The van der Waals surface area contributed by atoms with Crippen molar-refractivity contribution in [2.24, 2.45) is 0 Å². The van der Waals surface area contributed by atoms with Gasteiger partial charge in [-0.05, 0) is 29.8 Å². The van der Waals surface area contributed by atoms with Gasteiger partial charge in [0.1, 0.15) is 17.1 Å². The number of carbonyl (C=O) groups excluding carboxylic acids is 1. The summed E-state index contributed by atoms with van der Waals surface area (Å²) < 4.78 is 5.75. The fraction of sp³-hybridized carbons (Fsp3) is 0. The van der Waals surface area contributed by atoms with Crippen LogP contribution in [0.4, 0.5) is 0 Å². The molecule has 28 heavy (non-hydrogen) atoms. The van der Waals surface area contributed by atoms with Crippen molar-refractivity contribution >= 4 is 34.8 Å². The average Bonchev–Trinajstić information content (AvgIpc) is 2.67. The number of carbonyl (C=O) groups is 2. The minimum atomic E-state index is -1.14. The predicted molar refractivity (Wildman–Crippen MR) is 104 cm³/mol. The molecule has 1 aliphatic carbocycles. The first-order valence-corrected chi connectivity index (χ1v) is 8.50. The SMILES string of the molecule is O=Cc1c(O)ccc2c(-c3ccccc3C(=O)O)c3cc(Cl)c(=O)cc-3oc12. The minimum absolute atomic E-state index is 0.0272. The minimum Gasteiger partial charge on any atom is -0.507 e. The van der Waals surface area contributed by atoms with E-state index in [0.717, 1.165) is 0 Å². The summed E-state index contributed by atoms with van der Waals surface area (Å²) in [6, 6.07) is 11.8. The van der Waals surface area contributed by atoms with Crippen molar-refractivity contribution in [1.29, 1.82) is 0 Å². The molecule has 0 bridgehead atoms. The van der Waals surface area contributed by atoms with Crippen LogP contribution in [0.2, 0.25) is 5.02 Å². The van der Waals surface area contributed by atoms with Crippen LogP contribution in [0.3, 0.4) is 0 Å². The van der Waals surface area contributed by atoms with E-state index in [9.17, 15) is 24.6 Å². The number of carboxylic acid groups (broad SMARTS) is 1. The Balaban J connectivity index is 2.30. The molecule has 0 saturated carbocycles. The van der Waals surface area contributed by atoms with Crippen molar-refractivity contribution in [2.45, 2.75) is 0 Å². The Hall–Kier alpha value is -3.64. The zero-order valence-corrected chi connectivity index (χ0v) is 14.9. The Kier molecular flexibility index (Phi) is 4.13. The monoisotopic (exact) mass is 394 g/mol. The molecule has 138 valence electrons. The average molecular weight is 395 g/mol. The number of benzene rings is 3. The van der Waals surface area contributed by atoms with Crippen LogP contribution in [-0.2, 0) is 0 Å². The summed E-state index contributed by atoms with van der Waals surface area (Å²) in [5.41, 5.74) is 0.683. The van der Waals surface area contributed by atoms with Gasteiger partial charge in [0, 0.05) is 22.6 Å². The van der Waals surface area contributed by atoms with E-state index in [1.807, 2.05) is 0 Å². The van der Waals surface area contributed by atoms with Gasteiger partial charge < -0.3 is 14.6 Å². The number of phenols is 1. The number of aldehydes is 1. The van der Waals surface area contributed by atoms with Gasteiger partial charge in [0.25, 0.3) is 0 Å². The molecule has 0 atom stereocenters. The van der Waals surface area contributed by atoms with Crippen molar-refractivity contribution in [3.05, 3.63) is 74.9 Å². The topological polar surface area (TPSA) is 105 Å². The Bertz CT molecular complexity index is 1300. The van der Waals surface area contributed by atoms with Gasteiger partial charge in [0.05, 0.1) is 16.1 Å². The van der Waals surface area contributed by atoms with E-state index < -0.39 is 11.4 Å². The lowest BCUT2D eigenvalue weighted by Crippen LogP contribution is -2.05. The number of hydrogen-bond donors (Lipinski definition) is 2. The van der Waals surface area contributed by atoms with E-state index in [-0.39, 0.29) is 33.2 Å². The smallest absolute Gasteiger partial charge is 0.336 e. The number of aromatic hydroxyl groups is 1. The van der Waals surface area contributed by atoms with E-state index in [1.54, 1.807) is 18.2 Å². The summed E-state index contributed by atoms with van der Waals surface area (Å²) in [5.74, 6) is -1.32. The zero-order valence-electron chi connectivity index (χ0n) is 14.1. The molecule has 0 saturated heterocycles. The number of halogens is 1. The lowest BCUT2D eigenvalue weighted by Gasteiger charge is -2.17. The van der Waals surface area contributed by atoms with Crippen LogP contribution in [0, 0.1) is 0 Å². The summed E-state index contributed by atoms with van der Waals surface area (Å²) in [4.78, 5) is 35.3. The first kappa shape index (κ1) is 17.8. The standard InChI is InChI=1S/C21H11ClO6/c22-15-7-13-18(8-17(15)25)28-20-12(5-6-16(24)14(20)9-23)19(13)10-3-1-2-4-11(10)21(26)27/h1-9,24H,(H,26,27). The second-order valence-electron chi connectivity index (χ2n) is 6.10. The summed E-state index contributed by atoms with van der Waals surface area (Å²) in [6.45, 7) is 0. The third kappa shape index (κ3) is 2.62. The zero-order chi connectivity index (χ0) is 20.0. The largest absolute Gasteiger partial charge is 0.507 e. The van der Waals surface area contributed by atoms with Gasteiger partial charge in [-0.15, -0.1) is 0 Å². The highest BCUT2D eigenvalue weighted by molar-refractivity contribution is 6.31. The van der Waals surface area contributed by atoms with Crippen molar-refractivity contribution in [2.75, 3.05) is 0 Å². The maximum absolute atomic E-state index is 12.0. The predicted octanol–water partition coefficient (Wildman–Crippen LogP) is 4.43. The van der Waals surface area contributed by atoms with Crippen LogP contribution < -0.4 is 5.43 Å². The Morgan fingerprint density at radius 3 is 2.54 bits per heavy atom. The van der Waals surface area contributed by atoms with Crippen molar-refractivity contribution in [3.8, 4) is 28.2 Å². The van der Waals surface area contributed by atoms with E-state index in [0.29, 0.717) is 28.4 Å². The number of carboxylic acids is 1. The molecule has 0 aromatic heterocycles. The lowest BCUT2D eigenvalue weighted by atomic mass is 9.90. The molecule has 2 aliphatic rings. The molecule has 0 spiro atoms. The lowest BCUT2D eigenvalue weighted by molar-refractivity contribution is 0.0697. The summed E-state index contributed by atoms with van der Waals surface area (Å²) in [7, 11) is 0. The van der Waals surface area contributed by atoms with Gasteiger partial charge in [-0.1, -0.05) is 29.8 Å². The summed E-state index contributed by atoms with van der Waals surface area (Å²) in [6.07, 6.45) is 0.438. The quantitative estimate of drug-likeness (QED) is 0.393. The van der Waals surface area contributed by atoms with Gasteiger partial charge in [-0.2, -0.15) is 0 Å². The van der Waals surface area contributed by atoms with Crippen LogP contribution in [0.15, 0.2) is 57.7 Å². The molecule has 2 N–H and O–H groups in total. The Labute approximate surface area is 162 Å². The van der Waals surface area contributed by atoms with E-state index in [1.165, 1.54) is 30.3 Å². The highest BCUT2D eigenvalue weighted by Crippen LogP contribution is 2.43. The molecule has 0 radical (unpaired) electrons. The van der Waals surface area contributed by atoms with Crippen LogP contribution in [0.5, 0.6) is 5.75 Å². The molecule has 0 fully saturated rings. The Morgan fingerprint density at radius 1 is 1.07 bits per heavy atom. The number of aromatic carboxylic acids is 1. The number of rotatable bonds is 3. The number of hydrogen-bond acceptors (Lipinski definition) is 5. The second-order valence-corrected chi connectivity index (χ2v) is 6.51. The maximum atomic E-state index is 12.0. The molecule has 0 amide bonds. The first-order chi connectivity index (χ1) is 13.4. The first-order valence-electron chi connectivity index (χ1n) is 8.12. The maximum Gasteiger partial charge on any atom is 0.336 e. The molecule has 1 heterocycles. The highest BCUT2D eigenvalue weighted by atomic mass is 35.5. The summed E-state index contributed by atoms with van der Waals surface area (Å²) >= 11 is 6.02. The van der Waals surface area contributed by atoms with Crippen LogP contribution in [0.1, 0.15) is 20.7 Å². The number of fused-ring (bicyclic) bond motifs is 2. The highest BCUT2D eigenvalue weighted by Gasteiger charge is 2.24. The van der Waals surface area contributed by atoms with Crippen molar-refractivity contribution in [1.82, 2.24) is 0 Å². The normalized spacial score (nSPS) is 11.0. The molecular formula is C21H11ClO6. The van der Waals surface area contributed by atoms with Gasteiger partial charge >= 0.3 is 5.97 Å². The molecule has 2 aromatic rings. The van der Waals surface area contributed by atoms with Crippen LogP contribution in [-0.4, -0.2) is 22.5 Å². The Morgan fingerprint density at radius 2 is 1.82 bits per heavy atom. The third-order valence-electron chi connectivity index (χ3n) is 4.50. The fourth-order valence-electron chi connectivity index (χ4n) is 3.26. The van der Waals surface area contributed by atoms with Gasteiger partial charge in [-0.25, -0.2) is 4.79 Å². The molecule has 1 aliphatic heterocycles. The van der Waals surface area contributed by atoms with Crippen molar-refractivity contribution < 1.29 is 24.2 Å². The van der Waals surface area contributed by atoms with Crippen LogP contribution in [0.25, 0.3) is 33.4 Å². The van der Waals surface area contributed by atoms with Crippen LogP contribution >= 0.6 is 11.6 Å². The molecular weight excluding hydrogens is 384 g/mol. The molecule has 6 nitrogen and oxygen atoms in total. The fourth-order valence-corrected chi connectivity index (χ4v) is 3.42. The van der Waals surface area contributed by atoms with E-state index in [4.69, 9.17) is 16.0 Å². The van der Waals surface area contributed by atoms with E-state index in [2.05, 4.69) is 0 Å². The van der Waals surface area contributed by atoms with E-state index >= 15 is 0 Å².